The van der Waals surface area contributed by atoms with Crippen LogP contribution in [0.25, 0.3) is 0 Å². The minimum Gasteiger partial charge on any atom is -0.266 e. The fourth-order valence-electron chi connectivity index (χ4n) is 0.658. The highest BCUT2D eigenvalue weighted by molar-refractivity contribution is 7.89. The largest absolute Gasteiger partial charge is 0.290 e. The number of hydrogen-bond acceptors (Lipinski definition) is 3. The molecule has 0 unspecified atom stereocenters. The second-order valence-electron chi connectivity index (χ2n) is 2.03. The summed E-state index contributed by atoms with van der Waals surface area (Å²) in [5.41, 5.74) is 0.862. The van der Waals surface area contributed by atoms with Crippen LogP contribution < -0.4 is 0 Å². The molecule has 0 fully saturated rings. The lowest BCUT2D eigenvalue weighted by molar-refractivity contribution is 0.321. The van der Waals surface area contributed by atoms with Gasteiger partial charge in [-0.05, 0) is 13.3 Å². The van der Waals surface area contributed by atoms with Crippen LogP contribution in [0.4, 0.5) is 0 Å². The van der Waals surface area contributed by atoms with Crippen LogP contribution in [0, 0.1) is 0 Å². The van der Waals surface area contributed by atoms with Gasteiger partial charge >= 0.3 is 0 Å². The molecule has 0 radical (unpaired) electrons. The van der Waals surface area contributed by atoms with Gasteiger partial charge in [-0.25, -0.2) is 0 Å². The van der Waals surface area contributed by atoms with Gasteiger partial charge in [0.2, 0.25) is 0 Å². The van der Waals surface area contributed by atoms with E-state index in [4.69, 9.17) is 0 Å². The molecule has 1 rings (SSSR count). The third-order valence-corrected chi connectivity index (χ3v) is 2.28. The Labute approximate surface area is 54.5 Å². The fourth-order valence-corrected chi connectivity index (χ4v) is 1.65. The zero-order chi connectivity index (χ0) is 6.91. The Kier molecular flexibility index (Phi) is 1.59. The van der Waals surface area contributed by atoms with E-state index in [1.54, 1.807) is 6.92 Å². The maximum Gasteiger partial charge on any atom is 0.290 e. The van der Waals surface area contributed by atoms with Gasteiger partial charge in [-0.3, -0.25) is 4.18 Å². The fraction of sp³-hybridized carbons (Fsp3) is 0.600. The molecule has 0 amide bonds. The van der Waals surface area contributed by atoms with Crippen LogP contribution in [0.5, 0.6) is 0 Å². The van der Waals surface area contributed by atoms with Gasteiger partial charge in [0.05, 0.1) is 12.0 Å². The zero-order valence-corrected chi connectivity index (χ0v) is 5.94. The highest BCUT2D eigenvalue weighted by atomic mass is 32.2. The minimum absolute atomic E-state index is 0.296. The molecule has 0 atom stereocenters. The number of hydrogen-bond donors (Lipinski definition) is 0. The summed E-state index contributed by atoms with van der Waals surface area (Å²) in [7, 11) is -3.29. The van der Waals surface area contributed by atoms with E-state index in [-0.39, 0.29) is 0 Å². The van der Waals surface area contributed by atoms with E-state index in [0.717, 1.165) is 17.4 Å². The summed E-state index contributed by atoms with van der Waals surface area (Å²) >= 11 is 0. The molecule has 1 aliphatic heterocycles. The lowest BCUT2D eigenvalue weighted by atomic mass is 10.3. The van der Waals surface area contributed by atoms with Crippen LogP contribution in [-0.2, 0) is 14.3 Å². The Morgan fingerprint density at radius 2 is 2.33 bits per heavy atom. The first-order valence-electron chi connectivity index (χ1n) is 2.67. The van der Waals surface area contributed by atoms with Crippen molar-refractivity contribution < 1.29 is 12.6 Å². The summed E-state index contributed by atoms with van der Waals surface area (Å²) in [6.07, 6.45) is 0.721. The second-order valence-corrected chi connectivity index (χ2v) is 3.49. The van der Waals surface area contributed by atoms with Crippen molar-refractivity contribution in [3.8, 4) is 0 Å². The average Bonchev–Trinajstić information content (AvgIpc) is 1.60. The highest BCUT2D eigenvalue weighted by Crippen LogP contribution is 2.12. The predicted molar refractivity (Wildman–Crippen MR) is 33.2 cm³/mol. The Bertz CT molecular complexity index is 225. The molecule has 0 aliphatic carbocycles. The van der Waals surface area contributed by atoms with E-state index >= 15 is 0 Å². The predicted octanol–water partition coefficient (Wildman–Crippen LogP) is 0.640. The molecule has 0 saturated carbocycles. The van der Waals surface area contributed by atoms with Crippen molar-refractivity contribution in [3.05, 3.63) is 11.0 Å². The summed E-state index contributed by atoms with van der Waals surface area (Å²) in [4.78, 5) is 0. The minimum atomic E-state index is -3.29. The van der Waals surface area contributed by atoms with Crippen molar-refractivity contribution in [3.63, 3.8) is 0 Å². The smallest absolute Gasteiger partial charge is 0.266 e. The maximum atomic E-state index is 10.6. The molecule has 9 heavy (non-hydrogen) atoms. The normalized spacial score (nSPS) is 25.2. The summed E-state index contributed by atoms with van der Waals surface area (Å²) < 4.78 is 25.6. The molecular weight excluding hydrogens is 140 g/mol. The van der Waals surface area contributed by atoms with E-state index in [1.807, 2.05) is 0 Å². The molecule has 0 bridgehead atoms. The van der Waals surface area contributed by atoms with Gasteiger partial charge in [-0.2, -0.15) is 8.42 Å². The molecular formula is C5H8O3S. The van der Waals surface area contributed by atoms with Gasteiger partial charge in [0.25, 0.3) is 10.1 Å². The molecule has 1 aliphatic rings. The Hall–Kier alpha value is -0.350. The molecule has 0 spiro atoms. The molecule has 0 aromatic heterocycles. The molecule has 0 saturated heterocycles. The first-order chi connectivity index (χ1) is 4.10. The lowest BCUT2D eigenvalue weighted by Gasteiger charge is -2.08. The third kappa shape index (κ3) is 1.80. The maximum absolute atomic E-state index is 10.6. The van der Waals surface area contributed by atoms with Crippen molar-refractivity contribution in [2.24, 2.45) is 0 Å². The topological polar surface area (TPSA) is 43.4 Å². The lowest BCUT2D eigenvalue weighted by Crippen LogP contribution is -2.09. The van der Waals surface area contributed by atoms with Crippen LogP contribution in [0.3, 0.4) is 0 Å². The highest BCUT2D eigenvalue weighted by Gasteiger charge is 2.12. The number of rotatable bonds is 0. The Balaban J connectivity index is 2.95. The SMILES string of the molecule is CC1=CS(=O)(=O)OCC1. The molecule has 52 valence electrons. The van der Waals surface area contributed by atoms with Crippen LogP contribution in [0.2, 0.25) is 0 Å². The van der Waals surface area contributed by atoms with Crippen molar-refractivity contribution in [1.29, 1.82) is 0 Å². The van der Waals surface area contributed by atoms with Crippen LogP contribution in [0.15, 0.2) is 11.0 Å². The molecule has 1 heterocycles. The molecule has 0 aromatic carbocycles. The molecule has 4 heteroatoms. The molecule has 0 aromatic rings. The second kappa shape index (κ2) is 2.11. The van der Waals surface area contributed by atoms with Gasteiger partial charge in [0.1, 0.15) is 0 Å². The summed E-state index contributed by atoms with van der Waals surface area (Å²) in [5.74, 6) is 0. The van der Waals surface area contributed by atoms with Crippen LogP contribution in [-0.4, -0.2) is 15.0 Å². The van der Waals surface area contributed by atoms with Crippen LogP contribution in [0.1, 0.15) is 13.3 Å². The molecule has 3 nitrogen and oxygen atoms in total. The van der Waals surface area contributed by atoms with Gasteiger partial charge in [-0.1, -0.05) is 5.57 Å². The first-order valence-corrected chi connectivity index (χ1v) is 4.14. The van der Waals surface area contributed by atoms with Gasteiger partial charge in [0, 0.05) is 0 Å². The van der Waals surface area contributed by atoms with Crippen molar-refractivity contribution in [2.75, 3.05) is 6.61 Å². The van der Waals surface area contributed by atoms with Crippen LogP contribution >= 0.6 is 0 Å². The first kappa shape index (κ1) is 6.77. The van der Waals surface area contributed by atoms with E-state index in [1.165, 1.54) is 0 Å². The van der Waals surface area contributed by atoms with Gasteiger partial charge in [0.15, 0.2) is 0 Å². The molecule has 0 N–H and O–H groups in total. The van der Waals surface area contributed by atoms with Crippen molar-refractivity contribution >= 4 is 10.1 Å². The summed E-state index contributed by atoms with van der Waals surface area (Å²) in [6.45, 7) is 2.07. The Morgan fingerprint density at radius 3 is 2.67 bits per heavy atom. The summed E-state index contributed by atoms with van der Waals surface area (Å²) in [5, 5.41) is 1.16. The quantitative estimate of drug-likeness (QED) is 0.473. The zero-order valence-electron chi connectivity index (χ0n) is 5.12. The van der Waals surface area contributed by atoms with Gasteiger partial charge < -0.3 is 0 Å². The van der Waals surface area contributed by atoms with Crippen molar-refractivity contribution in [1.82, 2.24) is 0 Å². The van der Waals surface area contributed by atoms with E-state index in [0.29, 0.717) is 6.61 Å². The third-order valence-electron chi connectivity index (χ3n) is 1.09. The van der Waals surface area contributed by atoms with Crippen molar-refractivity contribution in [2.45, 2.75) is 13.3 Å². The van der Waals surface area contributed by atoms with E-state index in [2.05, 4.69) is 4.18 Å². The Morgan fingerprint density at radius 1 is 1.67 bits per heavy atom. The summed E-state index contributed by atoms with van der Waals surface area (Å²) in [6, 6.07) is 0. The standard InChI is InChI=1S/C5H8O3S/c1-5-2-3-8-9(6,7)4-5/h4H,2-3H2,1H3. The monoisotopic (exact) mass is 148 g/mol. The van der Waals surface area contributed by atoms with Gasteiger partial charge in [-0.15, -0.1) is 0 Å². The van der Waals surface area contributed by atoms with E-state index in [9.17, 15) is 8.42 Å². The van der Waals surface area contributed by atoms with E-state index < -0.39 is 10.1 Å². The average molecular weight is 148 g/mol.